The molecule has 1 aliphatic heterocycles. The summed E-state index contributed by atoms with van der Waals surface area (Å²) in [6, 6.07) is 8.06. The molecule has 3 nitrogen and oxygen atoms in total. The maximum atomic E-state index is 5.40. The van der Waals surface area contributed by atoms with Gasteiger partial charge in [0.05, 0.1) is 18.4 Å². The minimum atomic E-state index is 0.644. The Morgan fingerprint density at radius 3 is 2.78 bits per heavy atom. The van der Waals surface area contributed by atoms with Crippen LogP contribution in [-0.2, 0) is 0 Å². The minimum Gasteiger partial charge on any atom is -0.496 e. The number of nitrogens with one attached hydrogen (secondary N) is 1. The molecule has 0 atom stereocenters. The van der Waals surface area contributed by atoms with Crippen molar-refractivity contribution in [1.29, 1.82) is 0 Å². The van der Waals surface area contributed by atoms with Crippen LogP contribution in [-0.4, -0.2) is 25.2 Å². The SMILES string of the molecule is COc1ccccc1-c1nc(C)c(C2CNC2)s1. The molecule has 2 heterocycles. The fraction of sp³-hybridized carbons (Fsp3) is 0.357. The number of ether oxygens (including phenoxy) is 1. The lowest BCUT2D eigenvalue weighted by Crippen LogP contribution is -2.39. The Balaban J connectivity index is 2.01. The van der Waals surface area contributed by atoms with Gasteiger partial charge in [0, 0.05) is 23.9 Å². The summed E-state index contributed by atoms with van der Waals surface area (Å²) in [5.41, 5.74) is 2.25. The number of aryl methyl sites for hydroxylation is 1. The largest absolute Gasteiger partial charge is 0.496 e. The second-order valence-electron chi connectivity index (χ2n) is 4.52. The van der Waals surface area contributed by atoms with Crippen LogP contribution >= 0.6 is 11.3 Å². The smallest absolute Gasteiger partial charge is 0.129 e. The average Bonchev–Trinajstić information content (AvgIpc) is 2.69. The van der Waals surface area contributed by atoms with E-state index < -0.39 is 0 Å². The molecule has 0 amide bonds. The predicted molar refractivity (Wildman–Crippen MR) is 74.4 cm³/mol. The molecule has 0 unspecified atom stereocenters. The van der Waals surface area contributed by atoms with Gasteiger partial charge in [-0.3, -0.25) is 0 Å². The third-order valence-corrected chi connectivity index (χ3v) is 4.68. The van der Waals surface area contributed by atoms with Gasteiger partial charge in [-0.15, -0.1) is 11.3 Å². The third kappa shape index (κ3) is 1.91. The molecule has 3 rings (SSSR count). The van der Waals surface area contributed by atoms with Crippen LogP contribution in [0.1, 0.15) is 16.5 Å². The number of aromatic nitrogens is 1. The van der Waals surface area contributed by atoms with E-state index >= 15 is 0 Å². The molecule has 1 saturated heterocycles. The molecule has 0 radical (unpaired) electrons. The summed E-state index contributed by atoms with van der Waals surface area (Å²) in [6.45, 7) is 4.26. The molecule has 0 saturated carbocycles. The van der Waals surface area contributed by atoms with Gasteiger partial charge in [0.25, 0.3) is 0 Å². The van der Waals surface area contributed by atoms with Crippen molar-refractivity contribution in [2.24, 2.45) is 0 Å². The predicted octanol–water partition coefficient (Wildman–Crippen LogP) is 2.81. The summed E-state index contributed by atoms with van der Waals surface area (Å²) in [5, 5.41) is 4.37. The number of benzene rings is 1. The first kappa shape index (κ1) is 11.7. The quantitative estimate of drug-likeness (QED) is 0.921. The fourth-order valence-electron chi connectivity index (χ4n) is 2.20. The highest BCUT2D eigenvalue weighted by atomic mass is 32.1. The Bertz CT molecular complexity index is 561. The lowest BCUT2D eigenvalue weighted by atomic mass is 10.0. The molecule has 1 aliphatic rings. The lowest BCUT2D eigenvalue weighted by Gasteiger charge is -2.26. The molecule has 94 valence electrons. The highest BCUT2D eigenvalue weighted by Gasteiger charge is 2.24. The molecule has 1 aromatic heterocycles. The zero-order chi connectivity index (χ0) is 12.5. The molecular weight excluding hydrogens is 244 g/mol. The van der Waals surface area contributed by atoms with E-state index in [0.29, 0.717) is 5.92 Å². The number of thiazole rings is 1. The molecule has 2 aromatic rings. The number of hydrogen-bond donors (Lipinski definition) is 1. The van der Waals surface area contributed by atoms with E-state index in [1.165, 1.54) is 4.88 Å². The highest BCUT2D eigenvalue weighted by Crippen LogP contribution is 2.37. The second-order valence-corrected chi connectivity index (χ2v) is 5.55. The summed E-state index contributed by atoms with van der Waals surface area (Å²) in [4.78, 5) is 6.11. The third-order valence-electron chi connectivity index (χ3n) is 3.32. The van der Waals surface area contributed by atoms with E-state index in [-0.39, 0.29) is 0 Å². The molecular formula is C14H16N2OS. The first-order chi connectivity index (χ1) is 8.79. The van der Waals surface area contributed by atoms with Gasteiger partial charge in [0.15, 0.2) is 0 Å². The van der Waals surface area contributed by atoms with Crippen molar-refractivity contribution >= 4 is 11.3 Å². The van der Waals surface area contributed by atoms with Crippen molar-refractivity contribution in [3.05, 3.63) is 34.8 Å². The summed E-state index contributed by atoms with van der Waals surface area (Å²) in [6.07, 6.45) is 0. The molecule has 1 aromatic carbocycles. The monoisotopic (exact) mass is 260 g/mol. The van der Waals surface area contributed by atoms with E-state index in [9.17, 15) is 0 Å². The van der Waals surface area contributed by atoms with Crippen LogP contribution in [0.4, 0.5) is 0 Å². The first-order valence-electron chi connectivity index (χ1n) is 6.11. The van der Waals surface area contributed by atoms with Crippen molar-refractivity contribution in [3.8, 4) is 16.3 Å². The van der Waals surface area contributed by atoms with Gasteiger partial charge >= 0.3 is 0 Å². The fourth-order valence-corrected chi connectivity index (χ4v) is 3.39. The van der Waals surface area contributed by atoms with Gasteiger partial charge in [-0.05, 0) is 19.1 Å². The first-order valence-corrected chi connectivity index (χ1v) is 6.92. The summed E-state index contributed by atoms with van der Waals surface area (Å²) in [7, 11) is 1.70. The minimum absolute atomic E-state index is 0.644. The topological polar surface area (TPSA) is 34.1 Å². The van der Waals surface area contributed by atoms with E-state index in [2.05, 4.69) is 18.3 Å². The van der Waals surface area contributed by atoms with Gasteiger partial charge in [0.1, 0.15) is 10.8 Å². The Morgan fingerprint density at radius 1 is 1.33 bits per heavy atom. The van der Waals surface area contributed by atoms with E-state index in [1.807, 2.05) is 18.2 Å². The van der Waals surface area contributed by atoms with Crippen molar-refractivity contribution in [2.75, 3.05) is 20.2 Å². The Hall–Kier alpha value is -1.39. The summed E-state index contributed by atoms with van der Waals surface area (Å²) < 4.78 is 5.40. The van der Waals surface area contributed by atoms with Crippen molar-refractivity contribution in [1.82, 2.24) is 10.3 Å². The molecule has 18 heavy (non-hydrogen) atoms. The highest BCUT2D eigenvalue weighted by molar-refractivity contribution is 7.15. The van der Waals surface area contributed by atoms with Gasteiger partial charge in [-0.25, -0.2) is 4.98 Å². The van der Waals surface area contributed by atoms with Crippen molar-refractivity contribution in [3.63, 3.8) is 0 Å². The number of methoxy groups -OCH3 is 1. The lowest BCUT2D eigenvalue weighted by molar-refractivity contribution is 0.416. The number of nitrogens with zero attached hydrogens (tertiary/aromatic N) is 1. The normalized spacial score (nSPS) is 15.4. The molecule has 0 aliphatic carbocycles. The number of hydrogen-bond acceptors (Lipinski definition) is 4. The van der Waals surface area contributed by atoms with Gasteiger partial charge in [0.2, 0.25) is 0 Å². The van der Waals surface area contributed by atoms with Crippen molar-refractivity contribution < 1.29 is 4.74 Å². The standard InChI is InChI=1S/C14H16N2OS/c1-9-13(10-7-15-8-10)18-14(16-9)11-5-3-4-6-12(11)17-2/h3-6,10,15H,7-8H2,1-2H3. The van der Waals surface area contributed by atoms with Crippen LogP contribution in [0.2, 0.25) is 0 Å². The second kappa shape index (κ2) is 4.71. The van der Waals surface area contributed by atoms with Crippen LogP contribution in [0.5, 0.6) is 5.75 Å². The maximum Gasteiger partial charge on any atom is 0.129 e. The van der Waals surface area contributed by atoms with Gasteiger partial charge in [-0.1, -0.05) is 12.1 Å². The van der Waals surface area contributed by atoms with Crippen molar-refractivity contribution in [2.45, 2.75) is 12.8 Å². The van der Waals surface area contributed by atoms with Crippen LogP contribution in [0.15, 0.2) is 24.3 Å². The maximum absolute atomic E-state index is 5.40. The Kier molecular flexibility index (Phi) is 3.06. The zero-order valence-corrected chi connectivity index (χ0v) is 11.4. The zero-order valence-electron chi connectivity index (χ0n) is 10.6. The number of para-hydroxylation sites is 1. The molecule has 0 bridgehead atoms. The average molecular weight is 260 g/mol. The summed E-state index contributed by atoms with van der Waals surface area (Å²) in [5.74, 6) is 1.54. The van der Waals surface area contributed by atoms with Crippen LogP contribution in [0.3, 0.4) is 0 Å². The molecule has 1 fully saturated rings. The van der Waals surface area contributed by atoms with Crippen LogP contribution < -0.4 is 10.1 Å². The Labute approximate surface area is 111 Å². The molecule has 4 heteroatoms. The summed E-state index contributed by atoms with van der Waals surface area (Å²) >= 11 is 1.79. The van der Waals surface area contributed by atoms with Gasteiger partial charge < -0.3 is 10.1 Å². The van der Waals surface area contributed by atoms with E-state index in [0.717, 1.165) is 35.1 Å². The van der Waals surface area contributed by atoms with E-state index in [4.69, 9.17) is 9.72 Å². The van der Waals surface area contributed by atoms with Crippen LogP contribution in [0, 0.1) is 6.92 Å². The molecule has 0 spiro atoms. The number of rotatable bonds is 3. The van der Waals surface area contributed by atoms with Crippen LogP contribution in [0.25, 0.3) is 10.6 Å². The van der Waals surface area contributed by atoms with Gasteiger partial charge in [-0.2, -0.15) is 0 Å². The Morgan fingerprint density at radius 2 is 2.11 bits per heavy atom. The molecule has 1 N–H and O–H groups in total. The van der Waals surface area contributed by atoms with E-state index in [1.54, 1.807) is 18.4 Å².